The molecule has 1 N–H and O–H groups in total. The van der Waals surface area contributed by atoms with Crippen LogP contribution in [-0.4, -0.2) is 14.1 Å². The molecule has 54 valence electrons. The monoisotopic (exact) mass is 200 g/mol. The first-order chi connectivity index (χ1) is 4.70. The topological polar surface area (TPSA) is 4.44 Å². The normalized spacial score (nSPS) is 10.4. The van der Waals surface area contributed by atoms with Crippen LogP contribution in [0.1, 0.15) is 0 Å². The quantitative estimate of drug-likeness (QED) is 0.696. The second kappa shape index (κ2) is 3.17. The zero-order valence-corrected chi connectivity index (χ0v) is 7.77. The van der Waals surface area contributed by atoms with E-state index >= 15 is 0 Å². The van der Waals surface area contributed by atoms with Crippen LogP contribution in [0.4, 0.5) is 5.69 Å². The van der Waals surface area contributed by atoms with Crippen molar-refractivity contribution in [3.05, 3.63) is 28.7 Å². The molecule has 0 aromatic heterocycles. The van der Waals surface area contributed by atoms with Crippen molar-refractivity contribution in [2.24, 2.45) is 0 Å². The van der Waals surface area contributed by atoms with Gasteiger partial charge in [-0.1, -0.05) is 15.9 Å². The second-order valence-corrected chi connectivity index (χ2v) is 3.42. The average Bonchev–Trinajstić information content (AvgIpc) is 1.88. The lowest BCUT2D eigenvalue weighted by Crippen LogP contribution is -3.00. The van der Waals surface area contributed by atoms with E-state index in [9.17, 15) is 0 Å². The summed E-state index contributed by atoms with van der Waals surface area (Å²) in [6.45, 7) is 0. The number of hydrogen-bond acceptors (Lipinski definition) is 0. The number of benzene rings is 1. The van der Waals surface area contributed by atoms with Crippen molar-refractivity contribution in [1.29, 1.82) is 0 Å². The minimum Gasteiger partial charge on any atom is -0.307 e. The first-order valence-electron chi connectivity index (χ1n) is 3.26. The lowest BCUT2D eigenvalue weighted by Gasteiger charge is -2.04. The maximum Gasteiger partial charge on any atom is 0.130 e. The Hall–Kier alpha value is -0.340. The van der Waals surface area contributed by atoms with E-state index < -0.39 is 0 Å². The number of halogens is 1. The molecule has 2 heteroatoms. The fourth-order valence-corrected chi connectivity index (χ4v) is 1.05. The van der Waals surface area contributed by atoms with Gasteiger partial charge in [0.15, 0.2) is 0 Å². The van der Waals surface area contributed by atoms with Gasteiger partial charge in [-0.25, -0.2) is 0 Å². The summed E-state index contributed by atoms with van der Waals surface area (Å²) in [5, 5.41) is 0. The number of quaternary nitrogens is 1. The zero-order valence-electron chi connectivity index (χ0n) is 6.19. The minimum atomic E-state index is 1.14. The standard InChI is InChI=1S/C8H10BrN/c1-10(2)8-5-3-7(9)4-6-8/h3-6H,1-2H3/p+1. The predicted octanol–water partition coefficient (Wildman–Crippen LogP) is 1.23. The van der Waals surface area contributed by atoms with Crippen molar-refractivity contribution in [2.45, 2.75) is 0 Å². The van der Waals surface area contributed by atoms with Crippen LogP contribution in [0, 0.1) is 0 Å². The van der Waals surface area contributed by atoms with Crippen LogP contribution in [0.25, 0.3) is 0 Å². The van der Waals surface area contributed by atoms with E-state index in [0.29, 0.717) is 0 Å². The Morgan fingerprint density at radius 1 is 1.10 bits per heavy atom. The summed E-state index contributed by atoms with van der Waals surface area (Å²) in [5.41, 5.74) is 1.31. The van der Waals surface area contributed by atoms with Gasteiger partial charge in [-0.2, -0.15) is 0 Å². The van der Waals surface area contributed by atoms with E-state index in [2.05, 4.69) is 54.3 Å². The van der Waals surface area contributed by atoms with Crippen LogP contribution in [-0.2, 0) is 0 Å². The van der Waals surface area contributed by atoms with Crippen LogP contribution in [0.3, 0.4) is 0 Å². The molecule has 0 radical (unpaired) electrons. The van der Waals surface area contributed by atoms with Gasteiger partial charge < -0.3 is 4.90 Å². The maximum absolute atomic E-state index is 3.39. The van der Waals surface area contributed by atoms with Gasteiger partial charge in [-0.3, -0.25) is 0 Å². The van der Waals surface area contributed by atoms with Gasteiger partial charge in [-0.15, -0.1) is 0 Å². The lowest BCUT2D eigenvalue weighted by molar-refractivity contribution is -0.786. The van der Waals surface area contributed by atoms with Crippen LogP contribution in [0.5, 0.6) is 0 Å². The second-order valence-electron chi connectivity index (χ2n) is 2.51. The Bertz CT molecular complexity index is 203. The van der Waals surface area contributed by atoms with Crippen LogP contribution >= 0.6 is 15.9 Å². The van der Waals surface area contributed by atoms with Crippen molar-refractivity contribution in [1.82, 2.24) is 0 Å². The van der Waals surface area contributed by atoms with Crippen LogP contribution in [0.2, 0.25) is 0 Å². The molecule has 1 nitrogen and oxygen atoms in total. The fraction of sp³-hybridized carbons (Fsp3) is 0.250. The highest BCUT2D eigenvalue weighted by atomic mass is 79.9. The third kappa shape index (κ3) is 1.82. The van der Waals surface area contributed by atoms with Crippen molar-refractivity contribution in [3.63, 3.8) is 0 Å². The third-order valence-electron chi connectivity index (χ3n) is 1.42. The molecule has 0 atom stereocenters. The van der Waals surface area contributed by atoms with Gasteiger partial charge in [0.2, 0.25) is 0 Å². The molecular formula is C8H11BrN+. The largest absolute Gasteiger partial charge is 0.307 e. The Labute approximate surface area is 69.8 Å². The van der Waals surface area contributed by atoms with Gasteiger partial charge in [0.25, 0.3) is 0 Å². The molecule has 10 heavy (non-hydrogen) atoms. The van der Waals surface area contributed by atoms with Gasteiger partial charge in [0.05, 0.1) is 14.1 Å². The van der Waals surface area contributed by atoms with E-state index in [0.717, 1.165) is 4.47 Å². The molecule has 1 aromatic rings. The predicted molar refractivity (Wildman–Crippen MR) is 46.6 cm³/mol. The summed E-state index contributed by atoms with van der Waals surface area (Å²) in [6, 6.07) is 8.34. The zero-order chi connectivity index (χ0) is 7.56. The first-order valence-corrected chi connectivity index (χ1v) is 4.05. The summed E-state index contributed by atoms with van der Waals surface area (Å²) in [6.07, 6.45) is 0. The van der Waals surface area contributed by atoms with Crippen molar-refractivity contribution in [2.75, 3.05) is 14.1 Å². The Kier molecular flexibility index (Phi) is 2.46. The van der Waals surface area contributed by atoms with E-state index in [1.807, 2.05) is 0 Å². The Morgan fingerprint density at radius 3 is 2.00 bits per heavy atom. The minimum absolute atomic E-state index is 1.14. The molecule has 0 spiro atoms. The molecule has 0 amide bonds. The van der Waals surface area contributed by atoms with Gasteiger partial charge in [0, 0.05) is 16.6 Å². The SMILES string of the molecule is C[NH+](C)c1ccc(Br)cc1. The molecule has 0 heterocycles. The maximum atomic E-state index is 3.39. The highest BCUT2D eigenvalue weighted by molar-refractivity contribution is 9.10. The molecule has 0 saturated carbocycles. The highest BCUT2D eigenvalue weighted by Gasteiger charge is 1.96. The molecule has 0 bridgehead atoms. The van der Waals surface area contributed by atoms with Crippen LogP contribution in [0.15, 0.2) is 28.7 Å². The first kappa shape index (κ1) is 7.76. The summed E-state index contributed by atoms with van der Waals surface area (Å²) in [4.78, 5) is 1.35. The summed E-state index contributed by atoms with van der Waals surface area (Å²) < 4.78 is 1.14. The number of rotatable bonds is 1. The third-order valence-corrected chi connectivity index (χ3v) is 1.95. The molecule has 0 saturated heterocycles. The van der Waals surface area contributed by atoms with E-state index in [4.69, 9.17) is 0 Å². The van der Waals surface area contributed by atoms with Gasteiger partial charge >= 0.3 is 0 Å². The summed E-state index contributed by atoms with van der Waals surface area (Å²) in [7, 11) is 4.23. The van der Waals surface area contributed by atoms with Gasteiger partial charge in [0.1, 0.15) is 5.69 Å². The van der Waals surface area contributed by atoms with Gasteiger partial charge in [-0.05, 0) is 12.1 Å². The highest BCUT2D eigenvalue weighted by Crippen LogP contribution is 2.10. The fourth-order valence-electron chi connectivity index (χ4n) is 0.783. The van der Waals surface area contributed by atoms with E-state index in [-0.39, 0.29) is 0 Å². The van der Waals surface area contributed by atoms with Crippen molar-refractivity contribution < 1.29 is 4.90 Å². The summed E-state index contributed by atoms with van der Waals surface area (Å²) >= 11 is 3.39. The molecule has 1 aromatic carbocycles. The number of nitrogens with one attached hydrogen (secondary N) is 1. The molecular weight excluding hydrogens is 190 g/mol. The van der Waals surface area contributed by atoms with E-state index in [1.165, 1.54) is 10.6 Å². The Morgan fingerprint density at radius 2 is 1.60 bits per heavy atom. The summed E-state index contributed by atoms with van der Waals surface area (Å²) in [5.74, 6) is 0. The molecule has 0 fully saturated rings. The molecule has 0 unspecified atom stereocenters. The molecule has 1 rings (SSSR count). The average molecular weight is 201 g/mol. The van der Waals surface area contributed by atoms with Crippen molar-refractivity contribution in [3.8, 4) is 0 Å². The lowest BCUT2D eigenvalue weighted by atomic mass is 10.3. The van der Waals surface area contributed by atoms with E-state index in [1.54, 1.807) is 0 Å². The molecule has 0 aliphatic carbocycles. The number of hydrogen-bond donors (Lipinski definition) is 1. The van der Waals surface area contributed by atoms with Crippen LogP contribution < -0.4 is 4.90 Å². The molecule has 0 aliphatic heterocycles. The Balaban J connectivity index is 2.89. The smallest absolute Gasteiger partial charge is 0.130 e. The molecule has 0 aliphatic rings. The van der Waals surface area contributed by atoms with Crippen molar-refractivity contribution >= 4 is 21.6 Å².